The molecule has 0 heterocycles. The zero-order valence-corrected chi connectivity index (χ0v) is 7.45. The van der Waals surface area contributed by atoms with Crippen LogP contribution in [0.25, 0.3) is 0 Å². The van der Waals surface area contributed by atoms with Crippen molar-refractivity contribution in [1.82, 2.24) is 0 Å². The fraction of sp³-hybridized carbons (Fsp3) is 0.778. The van der Waals surface area contributed by atoms with Crippen molar-refractivity contribution in [3.63, 3.8) is 0 Å². The van der Waals surface area contributed by atoms with Crippen LogP contribution in [0.3, 0.4) is 0 Å². The summed E-state index contributed by atoms with van der Waals surface area (Å²) in [5.41, 5.74) is 0. The van der Waals surface area contributed by atoms with Gasteiger partial charge in [-0.25, -0.2) is 0 Å². The first-order valence-corrected chi connectivity index (χ1v) is 4.28. The molecule has 0 bridgehead atoms. The summed E-state index contributed by atoms with van der Waals surface area (Å²) in [4.78, 5) is 21.2. The first kappa shape index (κ1) is 9.23. The average molecular weight is 170 g/mol. The smallest absolute Gasteiger partial charge is 0.293 e. The predicted octanol–water partition coefficient (Wildman–Crippen LogP) is 1.16. The molecule has 0 amide bonds. The van der Waals surface area contributed by atoms with Gasteiger partial charge in [-0.3, -0.25) is 9.59 Å². The molecule has 0 aromatic carbocycles. The lowest BCUT2D eigenvalue weighted by Gasteiger charge is -2.33. The summed E-state index contributed by atoms with van der Waals surface area (Å²) >= 11 is 0. The summed E-state index contributed by atoms with van der Waals surface area (Å²) in [5, 5.41) is 0. The number of ketones is 1. The summed E-state index contributed by atoms with van der Waals surface area (Å²) in [6, 6.07) is 0. The quantitative estimate of drug-likeness (QED) is 0.595. The van der Waals surface area contributed by atoms with Gasteiger partial charge in [0.05, 0.1) is 0 Å². The molecule has 0 radical (unpaired) electrons. The molecule has 3 nitrogen and oxygen atoms in total. The second-order valence-electron chi connectivity index (χ2n) is 3.58. The van der Waals surface area contributed by atoms with E-state index in [0.29, 0.717) is 12.3 Å². The topological polar surface area (TPSA) is 43.4 Å². The molecule has 0 unspecified atom stereocenters. The van der Waals surface area contributed by atoms with Crippen molar-refractivity contribution >= 4 is 12.3 Å². The van der Waals surface area contributed by atoms with E-state index in [1.54, 1.807) is 0 Å². The number of rotatable bonds is 4. The standard InChI is InChI=1S/C9H14O3/c1-6(2)9(11)7-3-8(4-7)12-5-10/h5-8H,3-4H2,1-2H3. The fourth-order valence-electron chi connectivity index (χ4n) is 1.46. The van der Waals surface area contributed by atoms with Crippen LogP contribution in [0.1, 0.15) is 26.7 Å². The molecule has 0 aromatic heterocycles. The van der Waals surface area contributed by atoms with Gasteiger partial charge in [-0.15, -0.1) is 0 Å². The molecule has 0 atom stereocenters. The highest BCUT2D eigenvalue weighted by Gasteiger charge is 2.36. The summed E-state index contributed by atoms with van der Waals surface area (Å²) < 4.78 is 4.71. The lowest BCUT2D eigenvalue weighted by Crippen LogP contribution is -2.37. The van der Waals surface area contributed by atoms with E-state index in [1.807, 2.05) is 13.8 Å². The second-order valence-corrected chi connectivity index (χ2v) is 3.58. The molecule has 1 rings (SSSR count). The van der Waals surface area contributed by atoms with Crippen molar-refractivity contribution in [2.45, 2.75) is 32.8 Å². The Balaban J connectivity index is 2.25. The number of hydrogen-bond donors (Lipinski definition) is 0. The van der Waals surface area contributed by atoms with Crippen LogP contribution in [-0.2, 0) is 14.3 Å². The first-order valence-electron chi connectivity index (χ1n) is 4.28. The molecule has 68 valence electrons. The van der Waals surface area contributed by atoms with Crippen LogP contribution < -0.4 is 0 Å². The van der Waals surface area contributed by atoms with Crippen molar-refractivity contribution in [2.75, 3.05) is 0 Å². The number of carbonyl (C=O) groups excluding carboxylic acids is 2. The highest BCUT2D eigenvalue weighted by molar-refractivity contribution is 5.83. The summed E-state index contributed by atoms with van der Waals surface area (Å²) in [6.07, 6.45) is 1.43. The lowest BCUT2D eigenvalue weighted by molar-refractivity contribution is -0.146. The third-order valence-electron chi connectivity index (χ3n) is 2.31. The van der Waals surface area contributed by atoms with Crippen LogP contribution >= 0.6 is 0 Å². The summed E-state index contributed by atoms with van der Waals surface area (Å²) in [6.45, 7) is 4.26. The lowest BCUT2D eigenvalue weighted by atomic mass is 9.76. The fourth-order valence-corrected chi connectivity index (χ4v) is 1.46. The van der Waals surface area contributed by atoms with Gasteiger partial charge in [0.25, 0.3) is 6.47 Å². The van der Waals surface area contributed by atoms with Gasteiger partial charge in [0, 0.05) is 11.8 Å². The van der Waals surface area contributed by atoms with Crippen LogP contribution in [0.5, 0.6) is 0 Å². The average Bonchev–Trinajstić information content (AvgIpc) is 1.94. The van der Waals surface area contributed by atoms with Crippen molar-refractivity contribution in [3.05, 3.63) is 0 Å². The van der Waals surface area contributed by atoms with Gasteiger partial charge in [0.2, 0.25) is 0 Å². The first-order chi connectivity index (χ1) is 5.65. The van der Waals surface area contributed by atoms with E-state index >= 15 is 0 Å². The normalized spacial score (nSPS) is 27.9. The molecule has 1 fully saturated rings. The van der Waals surface area contributed by atoms with Crippen LogP contribution in [-0.4, -0.2) is 18.4 Å². The minimum absolute atomic E-state index is 0.00444. The van der Waals surface area contributed by atoms with Crippen molar-refractivity contribution < 1.29 is 14.3 Å². The Morgan fingerprint density at radius 2 is 2.08 bits per heavy atom. The van der Waals surface area contributed by atoms with E-state index in [-0.39, 0.29) is 17.9 Å². The highest BCUT2D eigenvalue weighted by Crippen LogP contribution is 2.32. The molecule has 1 aliphatic rings. The van der Waals surface area contributed by atoms with Gasteiger partial charge in [-0.1, -0.05) is 13.8 Å². The Hall–Kier alpha value is -0.860. The largest absolute Gasteiger partial charge is 0.465 e. The Morgan fingerprint density at radius 3 is 2.50 bits per heavy atom. The Kier molecular flexibility index (Phi) is 2.84. The Morgan fingerprint density at radius 1 is 1.50 bits per heavy atom. The second kappa shape index (κ2) is 3.70. The molecule has 0 aliphatic heterocycles. The molecule has 1 aliphatic carbocycles. The highest BCUT2D eigenvalue weighted by atomic mass is 16.5. The monoisotopic (exact) mass is 170 g/mol. The van der Waals surface area contributed by atoms with E-state index in [4.69, 9.17) is 4.74 Å². The molecular weight excluding hydrogens is 156 g/mol. The van der Waals surface area contributed by atoms with Gasteiger partial charge in [0.15, 0.2) is 0 Å². The van der Waals surface area contributed by atoms with E-state index < -0.39 is 0 Å². The molecule has 1 saturated carbocycles. The minimum Gasteiger partial charge on any atom is -0.465 e. The molecule has 0 N–H and O–H groups in total. The maximum absolute atomic E-state index is 11.3. The van der Waals surface area contributed by atoms with Gasteiger partial charge in [-0.2, -0.15) is 0 Å². The molecule has 0 aromatic rings. The van der Waals surface area contributed by atoms with E-state index in [2.05, 4.69) is 0 Å². The van der Waals surface area contributed by atoms with E-state index in [1.165, 1.54) is 0 Å². The summed E-state index contributed by atoms with van der Waals surface area (Å²) in [7, 11) is 0. The third-order valence-corrected chi connectivity index (χ3v) is 2.31. The van der Waals surface area contributed by atoms with Crippen LogP contribution in [0.4, 0.5) is 0 Å². The maximum atomic E-state index is 11.3. The Bertz CT molecular complexity index is 180. The third kappa shape index (κ3) is 1.84. The zero-order chi connectivity index (χ0) is 9.14. The number of carbonyl (C=O) groups is 2. The zero-order valence-electron chi connectivity index (χ0n) is 7.45. The molecule has 0 spiro atoms. The van der Waals surface area contributed by atoms with E-state index in [0.717, 1.165) is 12.8 Å². The number of hydrogen-bond acceptors (Lipinski definition) is 3. The number of ether oxygens (including phenoxy) is 1. The van der Waals surface area contributed by atoms with Crippen molar-refractivity contribution in [1.29, 1.82) is 0 Å². The maximum Gasteiger partial charge on any atom is 0.293 e. The SMILES string of the molecule is CC(C)C(=O)C1CC(OC=O)C1. The predicted molar refractivity (Wildman–Crippen MR) is 43.5 cm³/mol. The minimum atomic E-state index is -0.00444. The van der Waals surface area contributed by atoms with Crippen LogP contribution in [0.2, 0.25) is 0 Å². The Labute approximate surface area is 72.1 Å². The van der Waals surface area contributed by atoms with Crippen LogP contribution in [0.15, 0.2) is 0 Å². The number of Topliss-reactive ketones (excluding diaryl/α,β-unsaturated/α-hetero) is 1. The molecule has 12 heavy (non-hydrogen) atoms. The van der Waals surface area contributed by atoms with Crippen LogP contribution in [0, 0.1) is 11.8 Å². The van der Waals surface area contributed by atoms with Gasteiger partial charge < -0.3 is 4.74 Å². The van der Waals surface area contributed by atoms with E-state index in [9.17, 15) is 9.59 Å². The van der Waals surface area contributed by atoms with Gasteiger partial charge >= 0.3 is 0 Å². The van der Waals surface area contributed by atoms with Crippen molar-refractivity contribution in [3.8, 4) is 0 Å². The summed E-state index contributed by atoms with van der Waals surface area (Å²) in [5.74, 6) is 0.530. The molecule has 0 saturated heterocycles. The molecular formula is C9H14O3. The van der Waals surface area contributed by atoms with Gasteiger partial charge in [-0.05, 0) is 12.8 Å². The van der Waals surface area contributed by atoms with Crippen molar-refractivity contribution in [2.24, 2.45) is 11.8 Å². The molecule has 3 heteroatoms. The van der Waals surface area contributed by atoms with Gasteiger partial charge in [0.1, 0.15) is 11.9 Å².